The normalized spacial score (nSPS) is 13.0. The highest BCUT2D eigenvalue weighted by molar-refractivity contribution is 5.08. The number of nitrogens with one attached hydrogen (secondary N) is 1. The Balaban J connectivity index is 2.16. The van der Waals surface area contributed by atoms with Crippen LogP contribution in [0.2, 0.25) is 0 Å². The largest absolute Gasteiger partial charge is 0.465 e. The number of furan rings is 1. The van der Waals surface area contributed by atoms with E-state index in [9.17, 15) is 0 Å². The van der Waals surface area contributed by atoms with Gasteiger partial charge in [-0.2, -0.15) is 0 Å². The Labute approximate surface area is 91.5 Å². The molecule has 0 spiro atoms. The van der Waals surface area contributed by atoms with Gasteiger partial charge in [-0.05, 0) is 51.8 Å². The van der Waals surface area contributed by atoms with Crippen molar-refractivity contribution in [1.82, 2.24) is 5.32 Å². The van der Waals surface area contributed by atoms with Crippen molar-refractivity contribution in [2.45, 2.75) is 39.2 Å². The van der Waals surface area contributed by atoms with Crippen LogP contribution in [-0.4, -0.2) is 18.3 Å². The van der Waals surface area contributed by atoms with E-state index < -0.39 is 0 Å². The molecule has 0 aliphatic rings. The molecule has 3 heteroatoms. The molecule has 1 atom stereocenters. The van der Waals surface area contributed by atoms with E-state index >= 15 is 0 Å². The van der Waals surface area contributed by atoms with E-state index in [0.29, 0.717) is 6.61 Å². The van der Waals surface area contributed by atoms with Gasteiger partial charge in [0.15, 0.2) is 0 Å². The first-order valence-electron chi connectivity index (χ1n) is 5.64. The van der Waals surface area contributed by atoms with Gasteiger partial charge >= 0.3 is 0 Å². The fourth-order valence-electron chi connectivity index (χ4n) is 1.52. The average molecular weight is 211 g/mol. The molecule has 0 radical (unpaired) electrons. The van der Waals surface area contributed by atoms with Gasteiger partial charge in [0.1, 0.15) is 11.5 Å². The predicted molar refractivity (Wildman–Crippen MR) is 60.8 cm³/mol. The van der Waals surface area contributed by atoms with Crippen LogP contribution in [0.5, 0.6) is 0 Å². The van der Waals surface area contributed by atoms with Gasteiger partial charge in [-0.1, -0.05) is 0 Å². The van der Waals surface area contributed by atoms with Gasteiger partial charge in [0, 0.05) is 6.61 Å². The summed E-state index contributed by atoms with van der Waals surface area (Å²) in [6.45, 7) is 5.33. The molecule has 1 aromatic heterocycles. The molecule has 1 aromatic rings. The smallest absolute Gasteiger partial charge is 0.120 e. The first-order chi connectivity index (χ1) is 7.24. The highest BCUT2D eigenvalue weighted by atomic mass is 16.3. The lowest BCUT2D eigenvalue weighted by Gasteiger charge is -2.10. The maximum absolute atomic E-state index is 8.62. The van der Waals surface area contributed by atoms with Crippen LogP contribution < -0.4 is 5.32 Å². The van der Waals surface area contributed by atoms with Gasteiger partial charge in [0.2, 0.25) is 0 Å². The first kappa shape index (κ1) is 12.3. The highest BCUT2D eigenvalue weighted by Crippen LogP contribution is 2.15. The molecule has 1 unspecified atom stereocenters. The number of aliphatic hydroxyl groups excluding tert-OH is 1. The van der Waals surface area contributed by atoms with E-state index in [4.69, 9.17) is 9.52 Å². The Hall–Kier alpha value is -0.800. The molecule has 0 aliphatic heterocycles. The van der Waals surface area contributed by atoms with E-state index in [1.54, 1.807) is 0 Å². The van der Waals surface area contributed by atoms with Crippen LogP contribution in [0, 0.1) is 6.92 Å². The topological polar surface area (TPSA) is 45.4 Å². The summed E-state index contributed by atoms with van der Waals surface area (Å²) in [5.41, 5.74) is 0. The number of aliphatic hydroxyl groups is 1. The van der Waals surface area contributed by atoms with E-state index in [-0.39, 0.29) is 6.04 Å². The summed E-state index contributed by atoms with van der Waals surface area (Å²) in [5.74, 6) is 1.95. The quantitative estimate of drug-likeness (QED) is 0.681. The number of unbranched alkanes of at least 4 members (excludes halogenated alkanes) is 2. The Morgan fingerprint density at radius 1 is 1.33 bits per heavy atom. The Morgan fingerprint density at radius 2 is 2.13 bits per heavy atom. The van der Waals surface area contributed by atoms with Crippen molar-refractivity contribution in [2.75, 3.05) is 13.2 Å². The van der Waals surface area contributed by atoms with Gasteiger partial charge < -0.3 is 14.8 Å². The predicted octanol–water partition coefficient (Wildman–Crippen LogP) is 2.40. The SMILES string of the molecule is Cc1ccc(C(C)NCCCCCO)o1. The fourth-order valence-corrected chi connectivity index (χ4v) is 1.52. The van der Waals surface area contributed by atoms with Crippen LogP contribution in [0.1, 0.15) is 43.7 Å². The second-order valence-corrected chi connectivity index (χ2v) is 3.91. The zero-order valence-corrected chi connectivity index (χ0v) is 9.62. The third-order valence-corrected chi connectivity index (χ3v) is 2.47. The maximum atomic E-state index is 8.62. The maximum Gasteiger partial charge on any atom is 0.120 e. The third kappa shape index (κ3) is 4.49. The Morgan fingerprint density at radius 3 is 2.73 bits per heavy atom. The molecule has 1 heterocycles. The first-order valence-corrected chi connectivity index (χ1v) is 5.64. The van der Waals surface area contributed by atoms with Crippen LogP contribution in [0.4, 0.5) is 0 Å². The molecule has 0 fully saturated rings. The van der Waals surface area contributed by atoms with E-state index in [1.165, 1.54) is 0 Å². The number of hydrogen-bond donors (Lipinski definition) is 2. The van der Waals surface area contributed by atoms with Crippen molar-refractivity contribution in [3.8, 4) is 0 Å². The standard InChI is InChI=1S/C12H21NO2/c1-10-6-7-12(15-10)11(2)13-8-4-3-5-9-14/h6-7,11,13-14H,3-5,8-9H2,1-2H3. The molecule has 0 bridgehead atoms. The molecule has 0 aliphatic carbocycles. The minimum absolute atomic E-state index is 0.271. The fraction of sp³-hybridized carbons (Fsp3) is 0.667. The van der Waals surface area contributed by atoms with E-state index in [0.717, 1.165) is 37.3 Å². The van der Waals surface area contributed by atoms with Crippen LogP contribution in [0.3, 0.4) is 0 Å². The van der Waals surface area contributed by atoms with Gasteiger partial charge in [-0.15, -0.1) is 0 Å². The van der Waals surface area contributed by atoms with Gasteiger partial charge in [0.05, 0.1) is 6.04 Å². The van der Waals surface area contributed by atoms with Crippen molar-refractivity contribution in [3.63, 3.8) is 0 Å². The summed E-state index contributed by atoms with van der Waals surface area (Å²) in [5, 5.41) is 12.0. The van der Waals surface area contributed by atoms with Gasteiger partial charge in [-0.25, -0.2) is 0 Å². The summed E-state index contributed by atoms with van der Waals surface area (Å²) in [6.07, 6.45) is 3.08. The lowest BCUT2D eigenvalue weighted by atomic mass is 10.2. The van der Waals surface area contributed by atoms with Crippen molar-refractivity contribution in [1.29, 1.82) is 0 Å². The van der Waals surface area contributed by atoms with E-state index in [2.05, 4.69) is 12.2 Å². The zero-order chi connectivity index (χ0) is 11.1. The summed E-state index contributed by atoms with van der Waals surface area (Å²) >= 11 is 0. The summed E-state index contributed by atoms with van der Waals surface area (Å²) < 4.78 is 5.52. The molecule has 2 N–H and O–H groups in total. The van der Waals surface area contributed by atoms with Gasteiger partial charge in [0.25, 0.3) is 0 Å². The molecule has 86 valence electrons. The minimum atomic E-state index is 0.271. The number of hydrogen-bond acceptors (Lipinski definition) is 3. The summed E-state index contributed by atoms with van der Waals surface area (Å²) in [4.78, 5) is 0. The van der Waals surface area contributed by atoms with Crippen LogP contribution in [-0.2, 0) is 0 Å². The van der Waals surface area contributed by atoms with Crippen molar-refractivity contribution in [3.05, 3.63) is 23.7 Å². The molecule has 0 saturated heterocycles. The molecule has 3 nitrogen and oxygen atoms in total. The molecule has 1 rings (SSSR count). The second kappa shape index (κ2) is 6.64. The zero-order valence-electron chi connectivity index (χ0n) is 9.62. The number of aryl methyl sites for hydroxylation is 1. The van der Waals surface area contributed by atoms with Crippen molar-refractivity contribution < 1.29 is 9.52 Å². The molecular formula is C12H21NO2. The third-order valence-electron chi connectivity index (χ3n) is 2.47. The van der Waals surface area contributed by atoms with Gasteiger partial charge in [-0.3, -0.25) is 0 Å². The number of rotatable bonds is 7. The van der Waals surface area contributed by atoms with Crippen LogP contribution in [0.15, 0.2) is 16.5 Å². The Bertz CT molecular complexity index is 270. The average Bonchev–Trinajstić information content (AvgIpc) is 2.64. The molecule has 0 saturated carbocycles. The van der Waals surface area contributed by atoms with Crippen molar-refractivity contribution >= 4 is 0 Å². The lowest BCUT2D eigenvalue weighted by Crippen LogP contribution is -2.19. The molecule has 0 aromatic carbocycles. The van der Waals surface area contributed by atoms with Crippen LogP contribution in [0.25, 0.3) is 0 Å². The molecule has 15 heavy (non-hydrogen) atoms. The highest BCUT2D eigenvalue weighted by Gasteiger charge is 2.07. The lowest BCUT2D eigenvalue weighted by molar-refractivity contribution is 0.282. The summed E-state index contributed by atoms with van der Waals surface area (Å²) in [7, 11) is 0. The second-order valence-electron chi connectivity index (χ2n) is 3.91. The van der Waals surface area contributed by atoms with Crippen molar-refractivity contribution in [2.24, 2.45) is 0 Å². The molecule has 0 amide bonds. The Kier molecular flexibility index (Phi) is 5.43. The van der Waals surface area contributed by atoms with E-state index in [1.807, 2.05) is 19.1 Å². The molecular weight excluding hydrogens is 190 g/mol. The summed E-state index contributed by atoms with van der Waals surface area (Å²) in [6, 6.07) is 4.27. The monoisotopic (exact) mass is 211 g/mol. The minimum Gasteiger partial charge on any atom is -0.465 e. The van der Waals surface area contributed by atoms with Crippen LogP contribution >= 0.6 is 0 Å².